The zero-order chi connectivity index (χ0) is 14.9. The Morgan fingerprint density at radius 1 is 1.24 bits per heavy atom. The Morgan fingerprint density at radius 2 is 1.95 bits per heavy atom. The molecule has 3 nitrogen and oxygen atoms in total. The van der Waals surface area contributed by atoms with Crippen LogP contribution in [0.1, 0.15) is 51.0 Å². The molecule has 1 aromatic rings. The highest BCUT2D eigenvalue weighted by molar-refractivity contribution is 5.74. The molecule has 0 saturated heterocycles. The van der Waals surface area contributed by atoms with Crippen molar-refractivity contribution < 1.29 is 4.79 Å². The average molecular weight is 288 g/mol. The predicted molar refractivity (Wildman–Crippen MR) is 87.3 cm³/mol. The minimum atomic E-state index is -0.0199. The van der Waals surface area contributed by atoms with Crippen molar-refractivity contribution in [3.8, 4) is 0 Å². The van der Waals surface area contributed by atoms with Gasteiger partial charge in [0.2, 0.25) is 0 Å². The van der Waals surface area contributed by atoms with Gasteiger partial charge in [-0.3, -0.25) is 0 Å². The van der Waals surface area contributed by atoms with Crippen molar-refractivity contribution in [2.75, 3.05) is 6.54 Å². The van der Waals surface area contributed by atoms with Crippen LogP contribution in [0.3, 0.4) is 0 Å². The Hall–Kier alpha value is -1.51. The molecular weight excluding hydrogens is 260 g/mol. The number of benzene rings is 1. The largest absolute Gasteiger partial charge is 0.338 e. The fourth-order valence-electron chi connectivity index (χ4n) is 3.06. The van der Waals surface area contributed by atoms with Crippen molar-refractivity contribution in [3.63, 3.8) is 0 Å². The van der Waals surface area contributed by atoms with E-state index in [2.05, 4.69) is 41.8 Å². The van der Waals surface area contributed by atoms with E-state index >= 15 is 0 Å². The van der Waals surface area contributed by atoms with E-state index in [9.17, 15) is 4.79 Å². The second kappa shape index (κ2) is 8.71. The van der Waals surface area contributed by atoms with E-state index in [1.54, 1.807) is 0 Å². The molecule has 2 rings (SSSR count). The quantitative estimate of drug-likeness (QED) is 0.785. The summed E-state index contributed by atoms with van der Waals surface area (Å²) in [4.78, 5) is 11.8. The molecule has 1 aromatic carbocycles. The lowest BCUT2D eigenvalue weighted by Gasteiger charge is -2.15. The van der Waals surface area contributed by atoms with Crippen LogP contribution in [0.2, 0.25) is 0 Å². The second-order valence-electron chi connectivity index (χ2n) is 6.26. The van der Waals surface area contributed by atoms with Gasteiger partial charge in [-0.1, -0.05) is 56.0 Å². The van der Waals surface area contributed by atoms with E-state index in [0.717, 1.165) is 31.7 Å². The van der Waals surface area contributed by atoms with Gasteiger partial charge in [-0.05, 0) is 37.7 Å². The maximum Gasteiger partial charge on any atom is 0.314 e. The molecule has 0 aromatic heterocycles. The third-order valence-electron chi connectivity index (χ3n) is 4.40. The summed E-state index contributed by atoms with van der Waals surface area (Å²) >= 11 is 0. The first-order valence-electron chi connectivity index (χ1n) is 8.32. The molecule has 0 unspecified atom stereocenters. The van der Waals surface area contributed by atoms with Crippen LogP contribution >= 0.6 is 0 Å². The Bertz CT molecular complexity index is 412. The minimum absolute atomic E-state index is 0.0199. The molecule has 1 saturated carbocycles. The van der Waals surface area contributed by atoms with Gasteiger partial charge >= 0.3 is 6.03 Å². The van der Waals surface area contributed by atoms with Gasteiger partial charge in [0.15, 0.2) is 0 Å². The first-order valence-corrected chi connectivity index (χ1v) is 8.32. The molecule has 116 valence electrons. The number of hydrogen-bond acceptors (Lipinski definition) is 1. The van der Waals surface area contributed by atoms with E-state index in [1.165, 1.54) is 31.2 Å². The van der Waals surface area contributed by atoms with Gasteiger partial charge in [-0.15, -0.1) is 0 Å². The van der Waals surface area contributed by atoms with Crippen molar-refractivity contribution >= 4 is 6.03 Å². The first-order chi connectivity index (χ1) is 10.2. The third-order valence-corrected chi connectivity index (χ3v) is 4.40. The maximum absolute atomic E-state index is 11.8. The topological polar surface area (TPSA) is 41.1 Å². The summed E-state index contributed by atoms with van der Waals surface area (Å²) in [5, 5.41) is 6.01. The smallest absolute Gasteiger partial charge is 0.314 e. The third kappa shape index (κ3) is 6.19. The number of nitrogens with one attached hydrogen (secondary N) is 2. The van der Waals surface area contributed by atoms with Crippen LogP contribution < -0.4 is 10.6 Å². The van der Waals surface area contributed by atoms with Crippen LogP contribution in [0.25, 0.3) is 0 Å². The summed E-state index contributed by atoms with van der Waals surface area (Å²) < 4.78 is 0. The van der Waals surface area contributed by atoms with Crippen LogP contribution in [-0.4, -0.2) is 18.6 Å². The molecule has 0 heterocycles. The fourth-order valence-corrected chi connectivity index (χ4v) is 3.06. The van der Waals surface area contributed by atoms with Gasteiger partial charge in [0.1, 0.15) is 0 Å². The van der Waals surface area contributed by atoms with E-state index in [0.29, 0.717) is 0 Å². The Kier molecular flexibility index (Phi) is 6.58. The van der Waals surface area contributed by atoms with Crippen LogP contribution in [0.5, 0.6) is 0 Å². The zero-order valence-electron chi connectivity index (χ0n) is 13.1. The van der Waals surface area contributed by atoms with Crippen molar-refractivity contribution in [3.05, 3.63) is 35.9 Å². The molecule has 1 aliphatic carbocycles. The summed E-state index contributed by atoms with van der Waals surface area (Å²) in [5.74, 6) is 0.834. The highest BCUT2D eigenvalue weighted by atomic mass is 16.2. The highest BCUT2D eigenvalue weighted by Gasteiger charge is 2.15. The Morgan fingerprint density at radius 3 is 2.67 bits per heavy atom. The van der Waals surface area contributed by atoms with E-state index in [-0.39, 0.29) is 12.1 Å². The molecule has 2 amide bonds. The highest BCUT2D eigenvalue weighted by Crippen LogP contribution is 2.26. The van der Waals surface area contributed by atoms with Crippen molar-refractivity contribution in [2.24, 2.45) is 5.92 Å². The summed E-state index contributed by atoms with van der Waals surface area (Å²) in [5.41, 5.74) is 1.33. The van der Waals surface area contributed by atoms with Crippen molar-refractivity contribution in [1.29, 1.82) is 0 Å². The SMILES string of the molecule is C[C@@H](CCc1ccccc1)NC(=O)NCCC1CCCC1. The van der Waals surface area contributed by atoms with Gasteiger partial charge in [-0.2, -0.15) is 0 Å². The summed E-state index contributed by atoms with van der Waals surface area (Å²) in [6, 6.07) is 10.6. The normalized spacial score (nSPS) is 16.6. The lowest BCUT2D eigenvalue weighted by molar-refractivity contribution is 0.236. The molecule has 1 atom stereocenters. The van der Waals surface area contributed by atoms with E-state index < -0.39 is 0 Å². The summed E-state index contributed by atoms with van der Waals surface area (Å²) in [6.45, 7) is 2.88. The number of aryl methyl sites for hydroxylation is 1. The summed E-state index contributed by atoms with van der Waals surface area (Å²) in [7, 11) is 0. The number of carbonyl (C=O) groups is 1. The molecule has 21 heavy (non-hydrogen) atoms. The van der Waals surface area contributed by atoms with Gasteiger partial charge < -0.3 is 10.6 Å². The minimum Gasteiger partial charge on any atom is -0.338 e. The van der Waals surface area contributed by atoms with Gasteiger partial charge in [0.25, 0.3) is 0 Å². The first kappa shape index (κ1) is 15.9. The van der Waals surface area contributed by atoms with Crippen molar-refractivity contribution in [1.82, 2.24) is 10.6 Å². The molecule has 0 spiro atoms. The molecule has 0 bridgehead atoms. The molecule has 0 aliphatic heterocycles. The standard InChI is InChI=1S/C18H28N2O/c1-15(11-12-16-7-3-2-4-8-16)20-18(21)19-14-13-17-9-5-6-10-17/h2-4,7-8,15,17H,5-6,9-14H2,1H3,(H2,19,20,21)/t15-/m0/s1. The monoisotopic (exact) mass is 288 g/mol. The average Bonchev–Trinajstić information content (AvgIpc) is 2.99. The maximum atomic E-state index is 11.8. The number of carbonyl (C=O) groups excluding carboxylic acids is 1. The lowest BCUT2D eigenvalue weighted by atomic mass is 10.0. The van der Waals surface area contributed by atoms with Gasteiger partial charge in [0, 0.05) is 12.6 Å². The molecule has 1 aliphatic rings. The van der Waals surface area contributed by atoms with E-state index in [1.807, 2.05) is 6.07 Å². The van der Waals surface area contributed by atoms with Crippen LogP contribution in [0, 0.1) is 5.92 Å². The number of rotatable bonds is 7. The Labute approximate surface area is 128 Å². The van der Waals surface area contributed by atoms with Gasteiger partial charge in [-0.25, -0.2) is 4.79 Å². The second-order valence-corrected chi connectivity index (χ2v) is 6.26. The van der Waals surface area contributed by atoms with Crippen molar-refractivity contribution in [2.45, 2.75) is 57.9 Å². The number of amides is 2. The van der Waals surface area contributed by atoms with Gasteiger partial charge in [0.05, 0.1) is 0 Å². The molecular formula is C18H28N2O. The number of hydrogen-bond donors (Lipinski definition) is 2. The van der Waals surface area contributed by atoms with Crippen LogP contribution in [-0.2, 0) is 6.42 Å². The molecule has 1 fully saturated rings. The number of urea groups is 1. The van der Waals surface area contributed by atoms with Crippen LogP contribution in [0.4, 0.5) is 4.79 Å². The van der Waals surface area contributed by atoms with Crippen LogP contribution in [0.15, 0.2) is 30.3 Å². The fraction of sp³-hybridized carbons (Fsp3) is 0.611. The Balaban J connectivity index is 1.56. The molecule has 2 N–H and O–H groups in total. The summed E-state index contributed by atoms with van der Waals surface area (Å²) in [6.07, 6.45) is 8.53. The lowest BCUT2D eigenvalue weighted by Crippen LogP contribution is -2.41. The molecule has 0 radical (unpaired) electrons. The predicted octanol–water partition coefficient (Wildman–Crippen LogP) is 3.89. The van der Waals surface area contributed by atoms with E-state index in [4.69, 9.17) is 0 Å². The molecule has 3 heteroatoms. The zero-order valence-corrected chi connectivity index (χ0v) is 13.1.